The van der Waals surface area contributed by atoms with E-state index in [1.807, 2.05) is 36.7 Å². The molecule has 2 rings (SSSR count). The van der Waals surface area contributed by atoms with Crippen LogP contribution in [0.25, 0.3) is 0 Å². The topological polar surface area (TPSA) is 39.1 Å². The smallest absolute Gasteiger partial charge is 0.122 e. The molecule has 0 atom stereocenters. The lowest BCUT2D eigenvalue weighted by Crippen LogP contribution is -2.36. The predicted molar refractivity (Wildman–Crippen MR) is 88.5 cm³/mol. The van der Waals surface area contributed by atoms with Crippen LogP contribution in [0.5, 0.6) is 5.75 Å². The fourth-order valence-corrected chi connectivity index (χ4v) is 2.11. The first kappa shape index (κ1) is 16.0. The first-order valence-electron chi connectivity index (χ1n) is 7.07. The van der Waals surface area contributed by atoms with Crippen LogP contribution < -0.4 is 10.1 Å². The highest BCUT2D eigenvalue weighted by molar-refractivity contribution is 9.10. The van der Waals surface area contributed by atoms with Crippen LogP contribution in [0.3, 0.4) is 0 Å². The van der Waals surface area contributed by atoms with E-state index in [4.69, 9.17) is 4.74 Å². The summed E-state index contributed by atoms with van der Waals surface area (Å²) in [6.45, 7) is 8.62. The van der Waals surface area contributed by atoms with Gasteiger partial charge in [0.1, 0.15) is 18.2 Å². The van der Waals surface area contributed by atoms with E-state index >= 15 is 0 Å². The minimum Gasteiger partial charge on any atom is -0.492 e. The zero-order chi connectivity index (χ0) is 15.3. The van der Waals surface area contributed by atoms with Gasteiger partial charge >= 0.3 is 0 Å². The number of aromatic nitrogens is 2. The van der Waals surface area contributed by atoms with E-state index in [0.717, 1.165) is 29.1 Å². The lowest BCUT2D eigenvalue weighted by molar-refractivity contribution is 0.294. The van der Waals surface area contributed by atoms with Crippen LogP contribution >= 0.6 is 15.9 Å². The highest BCUT2D eigenvalue weighted by Crippen LogP contribution is 2.16. The largest absolute Gasteiger partial charge is 0.492 e. The third kappa shape index (κ3) is 5.52. The molecule has 0 bridgehead atoms. The molecule has 0 fully saturated rings. The quantitative estimate of drug-likeness (QED) is 0.863. The maximum atomic E-state index is 5.74. The molecule has 0 aliphatic carbocycles. The van der Waals surface area contributed by atoms with E-state index in [-0.39, 0.29) is 5.54 Å². The molecule has 0 aliphatic rings. The van der Waals surface area contributed by atoms with Crippen LogP contribution in [0.15, 0.2) is 41.1 Å². The summed E-state index contributed by atoms with van der Waals surface area (Å²) in [5.41, 5.74) is 0.0880. The predicted octanol–water partition coefficient (Wildman–Crippen LogP) is 3.61. The number of benzene rings is 1. The van der Waals surface area contributed by atoms with Crippen molar-refractivity contribution in [1.29, 1.82) is 0 Å². The molecule has 0 radical (unpaired) electrons. The molecular formula is C16H22BrN3O. The minimum absolute atomic E-state index is 0.0880. The van der Waals surface area contributed by atoms with Crippen molar-refractivity contribution >= 4 is 15.9 Å². The first-order chi connectivity index (χ1) is 9.94. The second-order valence-corrected chi connectivity index (χ2v) is 6.86. The molecule has 4 nitrogen and oxygen atoms in total. The second-order valence-electron chi connectivity index (χ2n) is 5.94. The highest BCUT2D eigenvalue weighted by atomic mass is 79.9. The lowest BCUT2D eigenvalue weighted by atomic mass is 10.1. The average molecular weight is 352 g/mol. The Balaban J connectivity index is 1.83. The fourth-order valence-electron chi connectivity index (χ4n) is 1.85. The summed E-state index contributed by atoms with van der Waals surface area (Å²) >= 11 is 3.41. The summed E-state index contributed by atoms with van der Waals surface area (Å²) < 4.78 is 8.92. The number of nitrogens with zero attached hydrogens (tertiary/aromatic N) is 2. The molecule has 114 valence electrons. The zero-order valence-electron chi connectivity index (χ0n) is 12.8. The Morgan fingerprint density at radius 3 is 2.62 bits per heavy atom. The maximum Gasteiger partial charge on any atom is 0.122 e. The summed E-state index contributed by atoms with van der Waals surface area (Å²) in [4.78, 5) is 4.40. The Hall–Kier alpha value is -1.33. The van der Waals surface area contributed by atoms with Crippen molar-refractivity contribution < 1.29 is 4.74 Å². The number of imidazole rings is 1. The maximum absolute atomic E-state index is 5.74. The molecule has 0 saturated heterocycles. The second kappa shape index (κ2) is 7.09. The molecule has 2 aromatic rings. The Morgan fingerprint density at radius 1 is 1.24 bits per heavy atom. The van der Waals surface area contributed by atoms with Crippen molar-refractivity contribution in [2.45, 2.75) is 39.4 Å². The normalized spacial score (nSPS) is 11.6. The van der Waals surface area contributed by atoms with Crippen molar-refractivity contribution in [3.63, 3.8) is 0 Å². The monoisotopic (exact) mass is 351 g/mol. The molecule has 0 spiro atoms. The molecule has 1 heterocycles. The van der Waals surface area contributed by atoms with E-state index < -0.39 is 0 Å². The van der Waals surface area contributed by atoms with Gasteiger partial charge in [-0.3, -0.25) is 0 Å². The number of halogens is 1. The number of rotatable bonds is 6. The Labute approximate surface area is 134 Å². The molecule has 0 unspecified atom stereocenters. The number of hydrogen-bond acceptors (Lipinski definition) is 3. The first-order valence-corrected chi connectivity index (χ1v) is 7.87. The van der Waals surface area contributed by atoms with Crippen LogP contribution in [0.4, 0.5) is 0 Å². The molecule has 1 N–H and O–H groups in total. The summed E-state index contributed by atoms with van der Waals surface area (Å²) in [5, 5.41) is 3.45. The van der Waals surface area contributed by atoms with Gasteiger partial charge in [-0.2, -0.15) is 0 Å². The highest BCUT2D eigenvalue weighted by Gasteiger charge is 2.10. The zero-order valence-corrected chi connectivity index (χ0v) is 14.4. The molecular weight excluding hydrogens is 330 g/mol. The summed E-state index contributed by atoms with van der Waals surface area (Å²) in [7, 11) is 0. The van der Waals surface area contributed by atoms with E-state index in [2.05, 4.69) is 51.6 Å². The van der Waals surface area contributed by atoms with Crippen molar-refractivity contribution in [2.24, 2.45) is 0 Å². The molecule has 0 amide bonds. The van der Waals surface area contributed by atoms with Gasteiger partial charge in [0.05, 0.1) is 13.1 Å². The van der Waals surface area contributed by atoms with Gasteiger partial charge in [0, 0.05) is 22.4 Å². The van der Waals surface area contributed by atoms with E-state index in [1.165, 1.54) is 0 Å². The van der Waals surface area contributed by atoms with Crippen molar-refractivity contribution in [2.75, 3.05) is 6.61 Å². The van der Waals surface area contributed by atoms with Crippen molar-refractivity contribution in [3.8, 4) is 5.75 Å². The van der Waals surface area contributed by atoms with Gasteiger partial charge in [-0.15, -0.1) is 0 Å². The number of ether oxygens (including phenoxy) is 1. The fraction of sp³-hybridized carbons (Fsp3) is 0.438. The van der Waals surface area contributed by atoms with Gasteiger partial charge in [-0.05, 0) is 45.0 Å². The van der Waals surface area contributed by atoms with Crippen LogP contribution in [0.1, 0.15) is 26.6 Å². The Bertz CT molecular complexity index is 558. The molecule has 0 saturated carbocycles. The van der Waals surface area contributed by atoms with Gasteiger partial charge in [0.2, 0.25) is 0 Å². The van der Waals surface area contributed by atoms with Crippen LogP contribution in [0, 0.1) is 0 Å². The van der Waals surface area contributed by atoms with Gasteiger partial charge in [-0.1, -0.05) is 15.9 Å². The summed E-state index contributed by atoms with van der Waals surface area (Å²) in [5.74, 6) is 1.91. The third-order valence-corrected chi connectivity index (χ3v) is 3.52. The molecule has 1 aromatic carbocycles. The van der Waals surface area contributed by atoms with Gasteiger partial charge in [-0.25, -0.2) is 4.98 Å². The SMILES string of the molecule is CC(C)(C)NCc1nccn1CCOc1ccc(Br)cc1. The Morgan fingerprint density at radius 2 is 1.95 bits per heavy atom. The number of hydrogen-bond donors (Lipinski definition) is 1. The number of nitrogens with one attached hydrogen (secondary N) is 1. The molecule has 1 aromatic heterocycles. The van der Waals surface area contributed by atoms with Gasteiger partial charge < -0.3 is 14.6 Å². The lowest BCUT2D eigenvalue weighted by Gasteiger charge is -2.20. The van der Waals surface area contributed by atoms with Crippen LogP contribution in [-0.4, -0.2) is 21.7 Å². The molecule has 5 heteroatoms. The van der Waals surface area contributed by atoms with E-state index in [1.54, 1.807) is 0 Å². The summed E-state index contributed by atoms with van der Waals surface area (Å²) in [6, 6.07) is 7.87. The molecule has 0 aliphatic heterocycles. The standard InChI is InChI=1S/C16H22BrN3O/c1-16(2,3)19-12-15-18-8-9-20(15)10-11-21-14-6-4-13(17)5-7-14/h4-9,19H,10-12H2,1-3H3. The molecule has 21 heavy (non-hydrogen) atoms. The minimum atomic E-state index is 0.0880. The van der Waals surface area contributed by atoms with Gasteiger partial charge in [0.25, 0.3) is 0 Å². The van der Waals surface area contributed by atoms with Crippen LogP contribution in [0.2, 0.25) is 0 Å². The van der Waals surface area contributed by atoms with Gasteiger partial charge in [0.15, 0.2) is 0 Å². The Kier molecular flexibility index (Phi) is 5.42. The average Bonchev–Trinajstić information content (AvgIpc) is 2.86. The van der Waals surface area contributed by atoms with E-state index in [0.29, 0.717) is 6.61 Å². The van der Waals surface area contributed by atoms with Crippen molar-refractivity contribution in [3.05, 3.63) is 47.0 Å². The van der Waals surface area contributed by atoms with Crippen molar-refractivity contribution in [1.82, 2.24) is 14.9 Å². The van der Waals surface area contributed by atoms with Crippen LogP contribution in [-0.2, 0) is 13.1 Å². The third-order valence-electron chi connectivity index (χ3n) is 2.99. The van der Waals surface area contributed by atoms with E-state index in [9.17, 15) is 0 Å². The summed E-state index contributed by atoms with van der Waals surface area (Å²) in [6.07, 6.45) is 3.82.